The average Bonchev–Trinajstić information content (AvgIpc) is 2.83. The molecule has 0 saturated heterocycles. The number of rotatable bonds is 2. The van der Waals surface area contributed by atoms with Gasteiger partial charge in [0.05, 0.1) is 22.0 Å². The van der Waals surface area contributed by atoms with E-state index >= 15 is 0 Å². The largest absolute Gasteiger partial charge is 0.416 e. The van der Waals surface area contributed by atoms with E-state index < -0.39 is 11.7 Å². The van der Waals surface area contributed by atoms with Crippen LogP contribution in [0.15, 0.2) is 42.5 Å². The summed E-state index contributed by atoms with van der Waals surface area (Å²) in [6.07, 6.45) is -1.79. The van der Waals surface area contributed by atoms with Crippen molar-refractivity contribution in [3.05, 3.63) is 64.2 Å². The molecular weight excluding hydrogens is 387 g/mol. The Hall–Kier alpha value is -2.47. The Morgan fingerprint density at radius 1 is 1.11 bits per heavy atom. The van der Waals surface area contributed by atoms with E-state index in [0.717, 1.165) is 60.6 Å². The van der Waals surface area contributed by atoms with Gasteiger partial charge in [-0.05, 0) is 56.0 Å². The van der Waals surface area contributed by atoms with Crippen molar-refractivity contribution >= 4 is 17.4 Å². The van der Waals surface area contributed by atoms with E-state index in [-0.39, 0.29) is 5.02 Å². The van der Waals surface area contributed by atoms with E-state index in [9.17, 15) is 13.2 Å². The third-order valence-corrected chi connectivity index (χ3v) is 5.35. The maximum atomic E-state index is 13.3. The van der Waals surface area contributed by atoms with Gasteiger partial charge in [-0.1, -0.05) is 29.8 Å². The predicted octanol–water partition coefficient (Wildman–Crippen LogP) is 6.27. The number of halogens is 4. The SMILES string of the molecule is Cc1ccccc1-n1nc(-c2cc(C(F)(F)F)ccc2Cl)c2c1NCCCC2. The Bertz CT molecular complexity index is 1020. The second-order valence-electron chi connectivity index (χ2n) is 6.95. The van der Waals surface area contributed by atoms with Crippen LogP contribution >= 0.6 is 11.6 Å². The van der Waals surface area contributed by atoms with Crippen LogP contribution in [0.5, 0.6) is 0 Å². The smallest absolute Gasteiger partial charge is 0.370 e. The number of hydrogen-bond donors (Lipinski definition) is 1. The molecule has 0 unspecified atom stereocenters. The Morgan fingerprint density at radius 3 is 2.64 bits per heavy atom. The fourth-order valence-corrected chi connectivity index (χ4v) is 3.78. The molecule has 0 saturated carbocycles. The molecule has 0 amide bonds. The third-order valence-electron chi connectivity index (χ3n) is 5.02. The molecule has 28 heavy (non-hydrogen) atoms. The predicted molar refractivity (Wildman–Crippen MR) is 105 cm³/mol. The normalized spacial score (nSPS) is 14.3. The zero-order valence-corrected chi connectivity index (χ0v) is 16.0. The van der Waals surface area contributed by atoms with Gasteiger partial charge < -0.3 is 5.32 Å². The lowest BCUT2D eigenvalue weighted by molar-refractivity contribution is -0.137. The molecule has 1 aliphatic rings. The maximum Gasteiger partial charge on any atom is 0.416 e. The molecule has 4 rings (SSSR count). The highest BCUT2D eigenvalue weighted by Crippen LogP contribution is 2.40. The Labute approximate surface area is 166 Å². The van der Waals surface area contributed by atoms with Gasteiger partial charge in [0.1, 0.15) is 5.82 Å². The van der Waals surface area contributed by atoms with Crippen molar-refractivity contribution < 1.29 is 13.2 Å². The van der Waals surface area contributed by atoms with Crippen molar-refractivity contribution in [3.8, 4) is 16.9 Å². The maximum absolute atomic E-state index is 13.3. The molecular formula is C21H19ClF3N3. The number of alkyl halides is 3. The first-order valence-corrected chi connectivity index (χ1v) is 9.53. The van der Waals surface area contributed by atoms with Crippen LogP contribution in [0.3, 0.4) is 0 Å². The van der Waals surface area contributed by atoms with Crippen molar-refractivity contribution in [2.24, 2.45) is 0 Å². The van der Waals surface area contributed by atoms with E-state index in [0.29, 0.717) is 11.3 Å². The van der Waals surface area contributed by atoms with Crippen LogP contribution in [0.25, 0.3) is 16.9 Å². The molecule has 7 heteroatoms. The summed E-state index contributed by atoms with van der Waals surface area (Å²) in [4.78, 5) is 0. The van der Waals surface area contributed by atoms with E-state index in [1.165, 1.54) is 6.07 Å². The number of nitrogens with zero attached hydrogens (tertiary/aromatic N) is 2. The second kappa shape index (κ2) is 7.17. The topological polar surface area (TPSA) is 29.9 Å². The summed E-state index contributed by atoms with van der Waals surface area (Å²) in [5, 5.41) is 8.39. The van der Waals surface area contributed by atoms with Crippen LogP contribution in [0, 0.1) is 6.92 Å². The van der Waals surface area contributed by atoms with Crippen LogP contribution < -0.4 is 5.32 Å². The van der Waals surface area contributed by atoms with Gasteiger partial charge in [-0.25, -0.2) is 4.68 Å². The highest BCUT2D eigenvalue weighted by molar-refractivity contribution is 6.33. The summed E-state index contributed by atoms with van der Waals surface area (Å²) in [6.45, 7) is 2.78. The first-order chi connectivity index (χ1) is 13.4. The number of fused-ring (bicyclic) bond motifs is 1. The van der Waals surface area contributed by atoms with Crippen molar-refractivity contribution in [1.29, 1.82) is 0 Å². The Balaban J connectivity index is 1.95. The summed E-state index contributed by atoms with van der Waals surface area (Å²) in [6, 6.07) is 11.2. The van der Waals surface area contributed by atoms with Crippen LogP contribution in [-0.2, 0) is 12.6 Å². The van der Waals surface area contributed by atoms with Crippen molar-refractivity contribution in [2.75, 3.05) is 11.9 Å². The lowest BCUT2D eigenvalue weighted by Crippen LogP contribution is -2.08. The second-order valence-corrected chi connectivity index (χ2v) is 7.36. The molecule has 2 heterocycles. The van der Waals surface area contributed by atoms with Crippen LogP contribution in [0.2, 0.25) is 5.02 Å². The zero-order chi connectivity index (χ0) is 19.9. The quantitative estimate of drug-likeness (QED) is 0.544. The fourth-order valence-electron chi connectivity index (χ4n) is 3.58. The molecule has 3 aromatic rings. The number of anilines is 1. The van der Waals surface area contributed by atoms with Gasteiger partial charge in [0, 0.05) is 17.7 Å². The lowest BCUT2D eigenvalue weighted by atomic mass is 10.0. The number of aromatic nitrogens is 2. The minimum absolute atomic E-state index is 0.259. The number of benzene rings is 2. The zero-order valence-electron chi connectivity index (χ0n) is 15.3. The standard InChI is InChI=1S/C21H19ClF3N3/c1-13-6-2-3-8-18(13)28-20-15(7-4-5-11-26-20)19(27-28)16-12-14(21(23,24)25)9-10-17(16)22/h2-3,6,8-10,12,26H,4-5,7,11H2,1H3. The molecule has 2 aromatic carbocycles. The molecule has 0 aliphatic carbocycles. The molecule has 0 atom stereocenters. The Kier molecular flexibility index (Phi) is 4.83. The summed E-state index contributed by atoms with van der Waals surface area (Å²) >= 11 is 6.31. The first kappa shape index (κ1) is 18.9. The average molecular weight is 406 g/mol. The summed E-state index contributed by atoms with van der Waals surface area (Å²) < 4.78 is 41.6. The van der Waals surface area contributed by atoms with E-state index in [1.807, 2.05) is 31.2 Å². The minimum Gasteiger partial charge on any atom is -0.370 e. The summed E-state index contributed by atoms with van der Waals surface area (Å²) in [5.74, 6) is 0.829. The molecule has 0 fully saturated rings. The third kappa shape index (κ3) is 3.37. The fraction of sp³-hybridized carbons (Fsp3) is 0.286. The number of para-hydroxylation sites is 1. The number of hydrogen-bond acceptors (Lipinski definition) is 2. The van der Waals surface area contributed by atoms with Crippen molar-refractivity contribution in [2.45, 2.75) is 32.4 Å². The summed E-state index contributed by atoms with van der Waals surface area (Å²) in [5.41, 5.74) is 2.91. The minimum atomic E-state index is -4.44. The molecule has 1 N–H and O–H groups in total. The highest BCUT2D eigenvalue weighted by atomic mass is 35.5. The molecule has 3 nitrogen and oxygen atoms in total. The van der Waals surface area contributed by atoms with Crippen LogP contribution in [-0.4, -0.2) is 16.3 Å². The van der Waals surface area contributed by atoms with Gasteiger partial charge in [-0.3, -0.25) is 0 Å². The van der Waals surface area contributed by atoms with Gasteiger partial charge in [0.2, 0.25) is 0 Å². The Morgan fingerprint density at radius 2 is 1.89 bits per heavy atom. The van der Waals surface area contributed by atoms with Crippen molar-refractivity contribution in [3.63, 3.8) is 0 Å². The van der Waals surface area contributed by atoms with E-state index in [2.05, 4.69) is 5.32 Å². The van der Waals surface area contributed by atoms with Crippen LogP contribution in [0.1, 0.15) is 29.5 Å². The van der Waals surface area contributed by atoms with Gasteiger partial charge in [0.25, 0.3) is 0 Å². The molecule has 0 radical (unpaired) electrons. The van der Waals surface area contributed by atoms with Gasteiger partial charge in [0.15, 0.2) is 0 Å². The van der Waals surface area contributed by atoms with Crippen molar-refractivity contribution in [1.82, 2.24) is 9.78 Å². The lowest BCUT2D eigenvalue weighted by Gasteiger charge is -2.11. The monoisotopic (exact) mass is 405 g/mol. The van der Waals surface area contributed by atoms with E-state index in [4.69, 9.17) is 16.7 Å². The molecule has 0 bridgehead atoms. The van der Waals surface area contributed by atoms with Gasteiger partial charge in [-0.2, -0.15) is 18.3 Å². The summed E-state index contributed by atoms with van der Waals surface area (Å²) in [7, 11) is 0. The van der Waals surface area contributed by atoms with Gasteiger partial charge in [-0.15, -0.1) is 0 Å². The molecule has 1 aromatic heterocycles. The number of aryl methyl sites for hydroxylation is 1. The van der Waals surface area contributed by atoms with E-state index in [1.54, 1.807) is 4.68 Å². The molecule has 146 valence electrons. The molecule has 0 spiro atoms. The molecule has 1 aliphatic heterocycles. The van der Waals surface area contributed by atoms with Crippen LogP contribution in [0.4, 0.5) is 19.0 Å². The number of nitrogens with one attached hydrogen (secondary N) is 1. The first-order valence-electron chi connectivity index (χ1n) is 9.15. The highest BCUT2D eigenvalue weighted by Gasteiger charge is 2.32. The van der Waals surface area contributed by atoms with Gasteiger partial charge >= 0.3 is 6.18 Å².